The van der Waals surface area contributed by atoms with Crippen molar-refractivity contribution in [3.05, 3.63) is 52.6 Å². The number of amides is 1. The van der Waals surface area contributed by atoms with Gasteiger partial charge in [-0.3, -0.25) is 4.79 Å². The van der Waals surface area contributed by atoms with Gasteiger partial charge in [-0.25, -0.2) is 0 Å². The quantitative estimate of drug-likeness (QED) is 0.499. The van der Waals surface area contributed by atoms with Crippen molar-refractivity contribution in [1.82, 2.24) is 10.2 Å². The molecule has 0 saturated carbocycles. The van der Waals surface area contributed by atoms with Crippen LogP contribution in [0.4, 0.5) is 0 Å². The molecule has 4 rings (SSSR count). The lowest BCUT2D eigenvalue weighted by atomic mass is 9.87. The molecule has 7 nitrogen and oxygen atoms in total. The molecule has 2 aromatic rings. The van der Waals surface area contributed by atoms with Crippen LogP contribution in [0.5, 0.6) is 23.0 Å². The van der Waals surface area contributed by atoms with Gasteiger partial charge in [0.05, 0.1) is 27.2 Å². The molecule has 0 bridgehead atoms. The van der Waals surface area contributed by atoms with E-state index in [1.807, 2.05) is 12.1 Å². The lowest BCUT2D eigenvalue weighted by Gasteiger charge is -2.22. The monoisotopic (exact) mass is 506 g/mol. The molecule has 2 aliphatic rings. The van der Waals surface area contributed by atoms with E-state index in [0.717, 1.165) is 71.5 Å². The van der Waals surface area contributed by atoms with Crippen molar-refractivity contribution in [2.45, 2.75) is 39.2 Å². The molecule has 2 N–H and O–H groups in total. The Morgan fingerprint density at radius 2 is 1.84 bits per heavy atom. The Morgan fingerprint density at radius 3 is 2.41 bits per heavy atom. The molecule has 0 spiro atoms. The number of ether oxygens (including phenoxy) is 3. The zero-order chi connectivity index (χ0) is 26.7. The van der Waals surface area contributed by atoms with Crippen LogP contribution in [0.15, 0.2) is 35.9 Å². The molecule has 2 aromatic carbocycles. The zero-order valence-electron chi connectivity index (χ0n) is 22.7. The van der Waals surface area contributed by atoms with Crippen LogP contribution in [0.25, 0.3) is 17.2 Å². The van der Waals surface area contributed by atoms with Gasteiger partial charge in [-0.05, 0) is 97.1 Å². The number of benzene rings is 2. The molecule has 0 radical (unpaired) electrons. The highest BCUT2D eigenvalue weighted by atomic mass is 16.5. The Bertz CT molecular complexity index is 1210. The number of carbonyl (C=O) groups is 1. The van der Waals surface area contributed by atoms with Crippen LogP contribution < -0.4 is 19.5 Å². The van der Waals surface area contributed by atoms with E-state index in [1.165, 1.54) is 14.2 Å². The average molecular weight is 507 g/mol. The number of carbonyl (C=O) groups excluding carboxylic acids is 1. The van der Waals surface area contributed by atoms with Crippen LogP contribution in [0.1, 0.15) is 49.8 Å². The summed E-state index contributed by atoms with van der Waals surface area (Å²) >= 11 is 0. The minimum atomic E-state index is -0.267. The van der Waals surface area contributed by atoms with E-state index in [-0.39, 0.29) is 23.6 Å². The fourth-order valence-corrected chi connectivity index (χ4v) is 5.51. The summed E-state index contributed by atoms with van der Waals surface area (Å²) in [7, 11) is 6.78. The average Bonchev–Trinajstić information content (AvgIpc) is 3.42. The molecule has 7 heteroatoms. The number of rotatable bonds is 9. The number of nitrogens with zero attached hydrogens (tertiary/aromatic N) is 1. The van der Waals surface area contributed by atoms with Crippen LogP contribution in [-0.2, 0) is 4.79 Å². The number of phenolic OH excluding ortho intramolecular Hbond substituents is 1. The van der Waals surface area contributed by atoms with Gasteiger partial charge in [-0.15, -0.1) is 0 Å². The van der Waals surface area contributed by atoms with E-state index in [2.05, 4.69) is 43.3 Å². The number of allylic oxidation sites excluding steroid dienone is 2. The summed E-state index contributed by atoms with van der Waals surface area (Å²) in [4.78, 5) is 15.9. The maximum Gasteiger partial charge on any atom is 0.227 e. The molecular weight excluding hydrogens is 468 g/mol. The molecule has 37 heavy (non-hydrogen) atoms. The third kappa shape index (κ3) is 5.32. The Kier molecular flexibility index (Phi) is 8.13. The van der Waals surface area contributed by atoms with E-state index in [4.69, 9.17) is 14.2 Å². The Labute approximate surface area is 219 Å². The predicted octanol–water partition coefficient (Wildman–Crippen LogP) is 4.98. The molecule has 1 heterocycles. The zero-order valence-corrected chi connectivity index (χ0v) is 22.7. The molecule has 2 unspecified atom stereocenters. The summed E-state index contributed by atoms with van der Waals surface area (Å²) in [5.41, 5.74) is 6.04. The van der Waals surface area contributed by atoms with Crippen molar-refractivity contribution in [2.75, 3.05) is 41.5 Å². The van der Waals surface area contributed by atoms with Gasteiger partial charge in [0.15, 0.2) is 11.5 Å². The largest absolute Gasteiger partial charge is 0.502 e. The molecule has 1 fully saturated rings. The highest BCUT2D eigenvalue weighted by Crippen LogP contribution is 2.48. The number of likely N-dealkylation sites (N-methyl/N-ethyl adjacent to an activating group) is 1. The Balaban J connectivity index is 1.82. The summed E-state index contributed by atoms with van der Waals surface area (Å²) < 4.78 is 16.3. The van der Waals surface area contributed by atoms with Crippen LogP contribution in [-0.4, -0.2) is 63.4 Å². The Morgan fingerprint density at radius 1 is 1.14 bits per heavy atom. The third-order valence-corrected chi connectivity index (χ3v) is 7.41. The second-order valence-corrected chi connectivity index (χ2v) is 9.88. The summed E-state index contributed by atoms with van der Waals surface area (Å²) in [6, 6.07) is 9.78. The molecule has 1 saturated heterocycles. The molecular formula is C30H38N2O5. The summed E-state index contributed by atoms with van der Waals surface area (Å²) in [6.07, 6.45) is 4.68. The fraction of sp³-hybridized carbons (Fsp3) is 0.433. The van der Waals surface area contributed by atoms with E-state index in [0.29, 0.717) is 11.5 Å². The van der Waals surface area contributed by atoms with E-state index in [1.54, 1.807) is 19.2 Å². The molecule has 1 aliphatic heterocycles. The lowest BCUT2D eigenvalue weighted by Crippen LogP contribution is -2.40. The third-order valence-electron chi connectivity index (χ3n) is 7.41. The number of likely N-dealkylation sites (tertiary alicyclic amines) is 1. The van der Waals surface area contributed by atoms with Crippen LogP contribution in [0, 0.1) is 5.92 Å². The second kappa shape index (κ2) is 11.3. The first-order valence-electron chi connectivity index (χ1n) is 12.9. The van der Waals surface area contributed by atoms with E-state index in [9.17, 15) is 9.90 Å². The Hall–Kier alpha value is -3.45. The number of fused-ring (bicyclic) bond motifs is 1. The molecule has 1 aliphatic carbocycles. The van der Waals surface area contributed by atoms with Crippen LogP contribution in [0.2, 0.25) is 0 Å². The minimum absolute atomic E-state index is 0.0334. The van der Waals surface area contributed by atoms with Gasteiger partial charge in [-0.2, -0.15) is 0 Å². The standard InChI is InChI=1S/C30H38N2O5/c1-7-8-23(30(34)31-20-11-12-32(3)17-20)28-18(2)24(22-10-9-21(35-4)16-25(22)28)13-19-14-26(36-5)29(33)27(15-19)37-6/h9-10,13-16,20,23,33H,7-8,11-12,17H2,1-6H3,(H,31,34)/b24-13-. The number of methoxy groups -OCH3 is 3. The number of hydrogen-bond donors (Lipinski definition) is 2. The van der Waals surface area contributed by atoms with Gasteiger partial charge < -0.3 is 29.5 Å². The highest BCUT2D eigenvalue weighted by Gasteiger charge is 2.34. The van der Waals surface area contributed by atoms with Gasteiger partial charge in [-0.1, -0.05) is 19.4 Å². The first-order valence-corrected chi connectivity index (χ1v) is 12.9. The topological polar surface area (TPSA) is 80.3 Å². The predicted molar refractivity (Wildman–Crippen MR) is 147 cm³/mol. The lowest BCUT2D eigenvalue weighted by molar-refractivity contribution is -0.124. The van der Waals surface area contributed by atoms with Crippen LogP contribution in [0.3, 0.4) is 0 Å². The normalized spacial score (nSPS) is 19.2. The van der Waals surface area contributed by atoms with Gasteiger partial charge in [0.2, 0.25) is 11.7 Å². The van der Waals surface area contributed by atoms with Gasteiger partial charge in [0.1, 0.15) is 5.75 Å². The molecule has 1 amide bonds. The van der Waals surface area contributed by atoms with Crippen molar-refractivity contribution in [2.24, 2.45) is 5.92 Å². The van der Waals surface area contributed by atoms with Crippen molar-refractivity contribution in [3.63, 3.8) is 0 Å². The maximum absolute atomic E-state index is 13.7. The van der Waals surface area contributed by atoms with Crippen molar-refractivity contribution >= 4 is 23.1 Å². The van der Waals surface area contributed by atoms with E-state index < -0.39 is 0 Å². The number of nitrogens with one attached hydrogen (secondary N) is 1. The fourth-order valence-electron chi connectivity index (χ4n) is 5.51. The highest BCUT2D eigenvalue weighted by molar-refractivity contribution is 6.09. The first kappa shape index (κ1) is 26.6. The molecule has 0 aromatic heterocycles. The maximum atomic E-state index is 13.7. The molecule has 198 valence electrons. The first-order chi connectivity index (χ1) is 17.8. The van der Waals surface area contributed by atoms with Gasteiger partial charge in [0.25, 0.3) is 0 Å². The number of aromatic hydroxyl groups is 1. The SMILES string of the molecule is CCCC(C(=O)NC1CCN(C)C1)C1=C(C)/C(=C/c2cc(OC)c(O)c(OC)c2)c2ccc(OC)cc21. The van der Waals surface area contributed by atoms with Gasteiger partial charge >= 0.3 is 0 Å². The van der Waals surface area contributed by atoms with Crippen LogP contribution >= 0.6 is 0 Å². The molecule has 2 atom stereocenters. The number of phenols is 1. The van der Waals surface area contributed by atoms with E-state index >= 15 is 0 Å². The summed E-state index contributed by atoms with van der Waals surface area (Å²) in [5, 5.41) is 13.7. The summed E-state index contributed by atoms with van der Waals surface area (Å²) in [6.45, 7) is 6.08. The second-order valence-electron chi connectivity index (χ2n) is 9.88. The van der Waals surface area contributed by atoms with Crippen molar-refractivity contribution in [3.8, 4) is 23.0 Å². The minimum Gasteiger partial charge on any atom is -0.502 e. The smallest absolute Gasteiger partial charge is 0.227 e. The summed E-state index contributed by atoms with van der Waals surface area (Å²) in [5.74, 6) is 1.22. The van der Waals surface area contributed by atoms with Crippen molar-refractivity contribution in [1.29, 1.82) is 0 Å². The van der Waals surface area contributed by atoms with Crippen molar-refractivity contribution < 1.29 is 24.1 Å². The number of hydrogen-bond acceptors (Lipinski definition) is 6. The van der Waals surface area contributed by atoms with Gasteiger partial charge in [0, 0.05) is 12.6 Å².